The van der Waals surface area contributed by atoms with E-state index < -0.39 is 10.1 Å². The number of nitrogens with zero attached hydrogens (tertiary/aromatic N) is 1. The highest BCUT2D eigenvalue weighted by Gasteiger charge is 2.24. The van der Waals surface area contributed by atoms with Crippen molar-refractivity contribution in [1.82, 2.24) is 4.90 Å². The lowest BCUT2D eigenvalue weighted by atomic mass is 9.98. The van der Waals surface area contributed by atoms with Crippen molar-refractivity contribution in [3.05, 3.63) is 12.7 Å². The molecule has 0 aromatic carbocycles. The molecule has 0 spiro atoms. The van der Waals surface area contributed by atoms with E-state index >= 15 is 0 Å². The molecule has 0 aromatic heterocycles. The third-order valence-electron chi connectivity index (χ3n) is 2.72. The number of rotatable bonds is 5. The maximum absolute atomic E-state index is 11.5. The van der Waals surface area contributed by atoms with Crippen molar-refractivity contribution in [2.24, 2.45) is 5.92 Å². The van der Waals surface area contributed by atoms with Crippen molar-refractivity contribution in [3.8, 4) is 0 Å². The zero-order chi connectivity index (χ0) is 13.6. The maximum atomic E-state index is 11.5. The number of likely N-dealkylation sites (tertiary alicyclic amines) is 1. The average molecular weight is 277 g/mol. The fourth-order valence-corrected chi connectivity index (χ4v) is 2.16. The molecule has 6 nitrogen and oxygen atoms in total. The van der Waals surface area contributed by atoms with Gasteiger partial charge >= 0.3 is 6.09 Å². The Morgan fingerprint density at radius 3 is 2.56 bits per heavy atom. The summed E-state index contributed by atoms with van der Waals surface area (Å²) in [6.07, 6.45) is 3.65. The van der Waals surface area contributed by atoms with Crippen LogP contribution in [0.3, 0.4) is 0 Å². The summed E-state index contributed by atoms with van der Waals surface area (Å²) in [5.41, 5.74) is 0. The first-order chi connectivity index (χ1) is 8.42. The molecule has 7 heteroatoms. The normalized spacial score (nSPS) is 17.5. The van der Waals surface area contributed by atoms with E-state index in [9.17, 15) is 13.2 Å². The van der Waals surface area contributed by atoms with Gasteiger partial charge in [-0.15, -0.1) is 0 Å². The summed E-state index contributed by atoms with van der Waals surface area (Å²) in [6.45, 7) is 4.99. The number of hydrogen-bond acceptors (Lipinski definition) is 5. The molecule has 1 aliphatic heterocycles. The Morgan fingerprint density at radius 1 is 1.44 bits per heavy atom. The van der Waals surface area contributed by atoms with Gasteiger partial charge in [0.2, 0.25) is 0 Å². The molecule has 18 heavy (non-hydrogen) atoms. The first-order valence-electron chi connectivity index (χ1n) is 5.79. The monoisotopic (exact) mass is 277 g/mol. The zero-order valence-corrected chi connectivity index (χ0v) is 11.3. The molecule has 104 valence electrons. The van der Waals surface area contributed by atoms with E-state index in [1.807, 2.05) is 0 Å². The predicted molar refractivity (Wildman–Crippen MR) is 66.6 cm³/mol. The first-order valence-corrected chi connectivity index (χ1v) is 7.61. The van der Waals surface area contributed by atoms with E-state index in [4.69, 9.17) is 8.92 Å². The van der Waals surface area contributed by atoms with E-state index in [1.165, 1.54) is 6.08 Å². The third-order valence-corrected chi connectivity index (χ3v) is 3.28. The fraction of sp³-hybridized carbons (Fsp3) is 0.727. The van der Waals surface area contributed by atoms with Gasteiger partial charge in [-0.25, -0.2) is 4.79 Å². The second kappa shape index (κ2) is 6.75. The van der Waals surface area contributed by atoms with E-state index in [0.717, 1.165) is 19.1 Å². The van der Waals surface area contributed by atoms with Crippen LogP contribution in [-0.4, -0.2) is 52.0 Å². The van der Waals surface area contributed by atoms with Gasteiger partial charge in [-0.05, 0) is 18.8 Å². The number of piperidine rings is 1. The lowest BCUT2D eigenvalue weighted by Gasteiger charge is -2.30. The Kier molecular flexibility index (Phi) is 5.61. The third kappa shape index (κ3) is 5.50. The largest absolute Gasteiger partial charge is 0.445 e. The van der Waals surface area contributed by atoms with Gasteiger partial charge in [-0.1, -0.05) is 12.7 Å². The molecule has 0 N–H and O–H groups in total. The minimum absolute atomic E-state index is 0.170. The molecule has 0 aliphatic carbocycles. The topological polar surface area (TPSA) is 72.9 Å². The van der Waals surface area contributed by atoms with Gasteiger partial charge in [0.25, 0.3) is 10.1 Å². The summed E-state index contributed by atoms with van der Waals surface area (Å²) in [5.74, 6) is 0.170. The minimum Gasteiger partial charge on any atom is -0.445 e. The van der Waals surface area contributed by atoms with Crippen LogP contribution in [-0.2, 0) is 19.0 Å². The van der Waals surface area contributed by atoms with E-state index in [2.05, 4.69) is 6.58 Å². The molecule has 0 atom stereocenters. The molecule has 1 amide bonds. The highest BCUT2D eigenvalue weighted by molar-refractivity contribution is 7.85. The van der Waals surface area contributed by atoms with Gasteiger partial charge in [0.15, 0.2) is 0 Å². The number of carbonyl (C=O) groups excluding carboxylic acids is 1. The SMILES string of the molecule is C=CCOC(=O)N1CCC(COS(C)(=O)=O)CC1. The van der Waals surface area contributed by atoms with Crippen LogP contribution in [0.25, 0.3) is 0 Å². The minimum atomic E-state index is -3.38. The lowest BCUT2D eigenvalue weighted by molar-refractivity contribution is 0.0889. The van der Waals surface area contributed by atoms with Crippen molar-refractivity contribution >= 4 is 16.2 Å². The standard InChI is InChI=1S/C11H19NO5S/c1-3-8-16-11(13)12-6-4-10(5-7-12)9-17-18(2,14)15/h3,10H,1,4-9H2,2H3. The summed E-state index contributed by atoms with van der Waals surface area (Å²) in [5, 5.41) is 0. The molecular weight excluding hydrogens is 258 g/mol. The molecule has 0 unspecified atom stereocenters. The van der Waals surface area contributed by atoms with E-state index in [1.54, 1.807) is 4.90 Å². The lowest BCUT2D eigenvalue weighted by Crippen LogP contribution is -2.39. The van der Waals surface area contributed by atoms with Gasteiger partial charge in [0, 0.05) is 13.1 Å². The van der Waals surface area contributed by atoms with Crippen molar-refractivity contribution in [3.63, 3.8) is 0 Å². The molecular formula is C11H19NO5S. The Labute approximate surface area is 108 Å². The molecule has 0 radical (unpaired) electrons. The fourth-order valence-electron chi connectivity index (χ4n) is 1.72. The van der Waals surface area contributed by atoms with Crippen LogP contribution >= 0.6 is 0 Å². The van der Waals surface area contributed by atoms with Crippen LogP contribution in [0.4, 0.5) is 4.79 Å². The average Bonchev–Trinajstić information content (AvgIpc) is 2.33. The Balaban J connectivity index is 2.28. The molecule has 1 aliphatic rings. The summed E-state index contributed by atoms with van der Waals surface area (Å²) in [4.78, 5) is 13.1. The van der Waals surface area contributed by atoms with Crippen molar-refractivity contribution in [1.29, 1.82) is 0 Å². The zero-order valence-electron chi connectivity index (χ0n) is 10.5. The van der Waals surface area contributed by atoms with Crippen LogP contribution < -0.4 is 0 Å². The van der Waals surface area contributed by atoms with Crippen molar-refractivity contribution in [2.45, 2.75) is 12.8 Å². The van der Waals surface area contributed by atoms with Gasteiger partial charge in [-0.3, -0.25) is 4.18 Å². The van der Waals surface area contributed by atoms with E-state index in [-0.39, 0.29) is 25.2 Å². The van der Waals surface area contributed by atoms with Gasteiger partial charge in [0.05, 0.1) is 12.9 Å². The summed E-state index contributed by atoms with van der Waals surface area (Å²) in [6, 6.07) is 0. The second-order valence-electron chi connectivity index (χ2n) is 4.28. The van der Waals surface area contributed by atoms with E-state index in [0.29, 0.717) is 13.1 Å². The van der Waals surface area contributed by atoms with Crippen LogP contribution in [0.1, 0.15) is 12.8 Å². The number of carbonyl (C=O) groups is 1. The molecule has 1 heterocycles. The Morgan fingerprint density at radius 2 is 2.06 bits per heavy atom. The number of ether oxygens (including phenoxy) is 1. The highest BCUT2D eigenvalue weighted by atomic mass is 32.2. The molecule has 0 saturated carbocycles. The van der Waals surface area contributed by atoms with Gasteiger partial charge in [-0.2, -0.15) is 8.42 Å². The van der Waals surface area contributed by atoms with Crippen LogP contribution in [0.2, 0.25) is 0 Å². The number of amides is 1. The summed E-state index contributed by atoms with van der Waals surface area (Å²) < 4.78 is 31.4. The number of hydrogen-bond donors (Lipinski definition) is 0. The smallest absolute Gasteiger partial charge is 0.410 e. The maximum Gasteiger partial charge on any atom is 0.410 e. The van der Waals surface area contributed by atoms with Gasteiger partial charge in [0.1, 0.15) is 6.61 Å². The first kappa shape index (κ1) is 15.0. The molecule has 1 fully saturated rings. The van der Waals surface area contributed by atoms with Crippen molar-refractivity contribution in [2.75, 3.05) is 32.6 Å². The molecule has 1 saturated heterocycles. The highest BCUT2D eigenvalue weighted by Crippen LogP contribution is 2.18. The van der Waals surface area contributed by atoms with Crippen LogP contribution in [0.5, 0.6) is 0 Å². The van der Waals surface area contributed by atoms with Crippen LogP contribution in [0, 0.1) is 5.92 Å². The second-order valence-corrected chi connectivity index (χ2v) is 5.93. The molecule has 1 rings (SSSR count). The summed E-state index contributed by atoms with van der Waals surface area (Å²) >= 11 is 0. The summed E-state index contributed by atoms with van der Waals surface area (Å²) in [7, 11) is -3.38. The molecule has 0 aromatic rings. The van der Waals surface area contributed by atoms with Crippen LogP contribution in [0.15, 0.2) is 12.7 Å². The Bertz CT molecular complexity index is 384. The molecule has 0 bridgehead atoms. The van der Waals surface area contributed by atoms with Gasteiger partial charge < -0.3 is 9.64 Å². The predicted octanol–water partition coefficient (Wildman–Crippen LogP) is 0.997. The van der Waals surface area contributed by atoms with Crippen molar-refractivity contribution < 1.29 is 22.1 Å². The Hall–Kier alpha value is -1.08. The quantitative estimate of drug-likeness (QED) is 0.553.